The summed E-state index contributed by atoms with van der Waals surface area (Å²) in [5.41, 5.74) is 4.69. The van der Waals surface area contributed by atoms with Crippen LogP contribution >= 0.6 is 0 Å². The zero-order valence-corrected chi connectivity index (χ0v) is 21.5. The molecule has 0 aromatic heterocycles. The molecule has 1 atom stereocenters. The standard InChI is InChI=1S/C30H36N2O4/c1-4-36-30(35)28-21(3)32(27(33)18-26(28)25-13-9-8-10-20(25)2)19-22-14-16-23(17-15-22)29(34)31-24-11-6-5-7-12-24/h8-10,13-17,24,26H,4-7,11-12,18-19H2,1-3H3,(H,31,34). The molecule has 1 N–H and O–H groups in total. The molecule has 6 heteroatoms. The average Bonchev–Trinajstić information content (AvgIpc) is 2.87. The van der Waals surface area contributed by atoms with Crippen LogP contribution in [0.3, 0.4) is 0 Å². The Morgan fingerprint density at radius 1 is 1.00 bits per heavy atom. The van der Waals surface area contributed by atoms with Gasteiger partial charge in [-0.25, -0.2) is 4.79 Å². The van der Waals surface area contributed by atoms with Crippen LogP contribution in [0.2, 0.25) is 0 Å². The zero-order valence-electron chi connectivity index (χ0n) is 21.5. The quantitative estimate of drug-likeness (QED) is 0.529. The Labute approximate surface area is 213 Å². The molecule has 4 rings (SSSR count). The lowest BCUT2D eigenvalue weighted by Gasteiger charge is -2.35. The molecule has 0 radical (unpaired) electrons. The third-order valence-corrected chi connectivity index (χ3v) is 7.38. The van der Waals surface area contributed by atoms with Crippen molar-refractivity contribution in [2.45, 2.75) is 77.8 Å². The van der Waals surface area contributed by atoms with Gasteiger partial charge >= 0.3 is 5.97 Å². The highest BCUT2D eigenvalue weighted by Crippen LogP contribution is 2.38. The average molecular weight is 489 g/mol. The topological polar surface area (TPSA) is 75.7 Å². The van der Waals surface area contributed by atoms with Gasteiger partial charge in [-0.15, -0.1) is 0 Å². The van der Waals surface area contributed by atoms with Crippen molar-refractivity contribution in [3.05, 3.63) is 82.1 Å². The predicted octanol–water partition coefficient (Wildman–Crippen LogP) is 5.41. The number of amides is 2. The minimum absolute atomic E-state index is 0.0343. The van der Waals surface area contributed by atoms with Gasteiger partial charge in [0.1, 0.15) is 0 Å². The molecular weight excluding hydrogens is 452 g/mol. The maximum absolute atomic E-state index is 13.3. The van der Waals surface area contributed by atoms with Crippen LogP contribution in [0.15, 0.2) is 59.8 Å². The minimum Gasteiger partial charge on any atom is -0.463 e. The fraction of sp³-hybridized carbons (Fsp3) is 0.433. The highest BCUT2D eigenvalue weighted by atomic mass is 16.5. The second-order valence-electron chi connectivity index (χ2n) is 9.82. The number of aryl methyl sites for hydroxylation is 1. The lowest BCUT2D eigenvalue weighted by molar-refractivity contribution is -0.140. The number of ether oxygens (including phenoxy) is 1. The van der Waals surface area contributed by atoms with E-state index in [4.69, 9.17) is 4.74 Å². The molecule has 6 nitrogen and oxygen atoms in total. The summed E-state index contributed by atoms with van der Waals surface area (Å²) in [7, 11) is 0. The SMILES string of the molecule is CCOC(=O)C1=C(C)N(Cc2ccc(C(=O)NC3CCCCC3)cc2)C(=O)CC1c1ccccc1C. The number of hydrogen-bond acceptors (Lipinski definition) is 4. The fourth-order valence-electron chi connectivity index (χ4n) is 5.38. The molecule has 0 bridgehead atoms. The molecule has 2 amide bonds. The largest absolute Gasteiger partial charge is 0.463 e. The van der Waals surface area contributed by atoms with E-state index in [0.29, 0.717) is 23.4 Å². The van der Waals surface area contributed by atoms with Crippen molar-refractivity contribution in [2.24, 2.45) is 0 Å². The van der Waals surface area contributed by atoms with E-state index < -0.39 is 0 Å². The van der Waals surface area contributed by atoms with Crippen LogP contribution in [0.5, 0.6) is 0 Å². The van der Waals surface area contributed by atoms with Crippen molar-refractivity contribution in [3.63, 3.8) is 0 Å². The summed E-state index contributed by atoms with van der Waals surface area (Å²) in [6.45, 7) is 6.21. The molecule has 1 heterocycles. The molecule has 1 aliphatic carbocycles. The Morgan fingerprint density at radius 3 is 2.36 bits per heavy atom. The molecule has 190 valence electrons. The van der Waals surface area contributed by atoms with E-state index in [0.717, 1.165) is 29.5 Å². The van der Waals surface area contributed by atoms with Crippen molar-refractivity contribution in [1.29, 1.82) is 0 Å². The van der Waals surface area contributed by atoms with E-state index in [1.807, 2.05) is 62.4 Å². The Hall–Kier alpha value is -3.41. The third-order valence-electron chi connectivity index (χ3n) is 7.38. The van der Waals surface area contributed by atoms with Gasteiger partial charge in [-0.2, -0.15) is 0 Å². The van der Waals surface area contributed by atoms with Crippen LogP contribution in [0.1, 0.15) is 85.3 Å². The maximum atomic E-state index is 13.3. The van der Waals surface area contributed by atoms with Crippen LogP contribution < -0.4 is 5.32 Å². The van der Waals surface area contributed by atoms with Gasteiger partial charge in [0.05, 0.1) is 18.7 Å². The van der Waals surface area contributed by atoms with Gasteiger partial charge in [0.25, 0.3) is 5.91 Å². The van der Waals surface area contributed by atoms with Crippen LogP contribution in [-0.4, -0.2) is 35.3 Å². The number of nitrogens with one attached hydrogen (secondary N) is 1. The number of carbonyl (C=O) groups excluding carboxylic acids is 3. The lowest BCUT2D eigenvalue weighted by atomic mass is 9.81. The van der Waals surface area contributed by atoms with Crippen molar-refractivity contribution in [1.82, 2.24) is 10.2 Å². The van der Waals surface area contributed by atoms with Gasteiger partial charge in [-0.1, -0.05) is 55.7 Å². The monoisotopic (exact) mass is 488 g/mol. The summed E-state index contributed by atoms with van der Waals surface area (Å²) in [5, 5.41) is 3.14. The summed E-state index contributed by atoms with van der Waals surface area (Å²) >= 11 is 0. The molecule has 1 fully saturated rings. The van der Waals surface area contributed by atoms with Crippen LogP contribution in [0.25, 0.3) is 0 Å². The molecule has 1 aliphatic heterocycles. The van der Waals surface area contributed by atoms with E-state index in [-0.39, 0.29) is 42.8 Å². The zero-order chi connectivity index (χ0) is 25.7. The predicted molar refractivity (Wildman–Crippen MR) is 139 cm³/mol. The van der Waals surface area contributed by atoms with Gasteiger partial charge < -0.3 is 15.0 Å². The summed E-state index contributed by atoms with van der Waals surface area (Å²) in [4.78, 5) is 40.7. The second kappa shape index (κ2) is 11.5. The molecule has 36 heavy (non-hydrogen) atoms. The lowest BCUT2D eigenvalue weighted by Crippen LogP contribution is -2.38. The molecule has 0 saturated heterocycles. The van der Waals surface area contributed by atoms with E-state index in [2.05, 4.69) is 5.32 Å². The Bertz CT molecular complexity index is 1150. The molecular formula is C30H36N2O4. The number of rotatable bonds is 7. The summed E-state index contributed by atoms with van der Waals surface area (Å²) in [5.74, 6) is -0.799. The Balaban J connectivity index is 1.55. The number of carbonyl (C=O) groups is 3. The Kier molecular flexibility index (Phi) is 8.24. The summed E-state index contributed by atoms with van der Waals surface area (Å²) in [6, 6.07) is 15.5. The number of benzene rings is 2. The third kappa shape index (κ3) is 5.69. The minimum atomic E-state index is -0.379. The van der Waals surface area contributed by atoms with Crippen LogP contribution in [0.4, 0.5) is 0 Å². The van der Waals surface area contributed by atoms with Crippen molar-refractivity contribution in [2.75, 3.05) is 6.61 Å². The van der Waals surface area contributed by atoms with Gasteiger partial charge in [0, 0.05) is 29.6 Å². The molecule has 2 aromatic rings. The number of nitrogens with zero attached hydrogens (tertiary/aromatic N) is 1. The Morgan fingerprint density at radius 2 is 1.69 bits per heavy atom. The van der Waals surface area contributed by atoms with Crippen molar-refractivity contribution >= 4 is 17.8 Å². The maximum Gasteiger partial charge on any atom is 0.336 e. The van der Waals surface area contributed by atoms with Crippen LogP contribution in [-0.2, 0) is 20.9 Å². The van der Waals surface area contributed by atoms with E-state index in [9.17, 15) is 14.4 Å². The first-order valence-electron chi connectivity index (χ1n) is 13.0. The van der Waals surface area contributed by atoms with Gasteiger partial charge in [0.2, 0.25) is 5.91 Å². The molecule has 2 aliphatic rings. The second-order valence-corrected chi connectivity index (χ2v) is 9.82. The van der Waals surface area contributed by atoms with E-state index in [1.54, 1.807) is 11.8 Å². The highest BCUT2D eigenvalue weighted by Gasteiger charge is 2.37. The van der Waals surface area contributed by atoms with Crippen LogP contribution in [0, 0.1) is 6.92 Å². The molecule has 1 saturated carbocycles. The first-order chi connectivity index (χ1) is 17.4. The van der Waals surface area contributed by atoms with Gasteiger partial charge in [-0.05, 0) is 62.4 Å². The summed E-state index contributed by atoms with van der Waals surface area (Å²) < 4.78 is 5.40. The normalized spacial score (nSPS) is 18.8. The summed E-state index contributed by atoms with van der Waals surface area (Å²) in [6.07, 6.45) is 5.86. The van der Waals surface area contributed by atoms with Crippen molar-refractivity contribution in [3.8, 4) is 0 Å². The molecule has 1 unspecified atom stereocenters. The number of esters is 1. The molecule has 0 spiro atoms. The smallest absolute Gasteiger partial charge is 0.336 e. The molecule has 2 aromatic carbocycles. The van der Waals surface area contributed by atoms with E-state index in [1.165, 1.54) is 19.3 Å². The van der Waals surface area contributed by atoms with Crippen molar-refractivity contribution < 1.29 is 19.1 Å². The van der Waals surface area contributed by atoms with Gasteiger partial charge in [-0.3, -0.25) is 9.59 Å². The number of allylic oxidation sites excluding steroid dienone is 1. The van der Waals surface area contributed by atoms with E-state index >= 15 is 0 Å². The highest BCUT2D eigenvalue weighted by molar-refractivity contribution is 5.96. The number of hydrogen-bond donors (Lipinski definition) is 1. The first kappa shape index (κ1) is 25.7. The fourth-order valence-corrected chi connectivity index (χ4v) is 5.38. The first-order valence-corrected chi connectivity index (χ1v) is 13.0. The van der Waals surface area contributed by atoms with Gasteiger partial charge in [0.15, 0.2) is 0 Å².